The van der Waals surface area contributed by atoms with Crippen molar-refractivity contribution in [3.63, 3.8) is 0 Å². The third kappa shape index (κ3) is 5.54. The maximum atomic E-state index is 12.4. The lowest BCUT2D eigenvalue weighted by Gasteiger charge is -2.31. The molecular weight excluding hydrogens is 362 g/mol. The summed E-state index contributed by atoms with van der Waals surface area (Å²) in [6.07, 6.45) is 6.11. The number of piperidine rings is 1. The first-order chi connectivity index (χ1) is 13.1. The number of carbonyl (C=O) groups excluding carboxylic acids is 3. The summed E-state index contributed by atoms with van der Waals surface area (Å²) in [5.74, 6) is 0.394. The van der Waals surface area contributed by atoms with Gasteiger partial charge in [-0.2, -0.15) is 0 Å². The number of carbonyl (C=O) groups is 3. The van der Waals surface area contributed by atoms with Crippen LogP contribution in [0, 0.1) is 5.92 Å². The molecule has 2 fully saturated rings. The van der Waals surface area contributed by atoms with Crippen LogP contribution in [-0.2, 0) is 9.59 Å². The predicted octanol–water partition coefficient (Wildman–Crippen LogP) is 2.51. The third-order valence-electron chi connectivity index (χ3n) is 5.46. The highest BCUT2D eigenvalue weighted by Crippen LogP contribution is 2.21. The van der Waals surface area contributed by atoms with Gasteiger partial charge in [0, 0.05) is 45.1 Å². The van der Waals surface area contributed by atoms with Gasteiger partial charge in [0.1, 0.15) is 0 Å². The number of thiophene rings is 1. The second kappa shape index (κ2) is 9.88. The van der Waals surface area contributed by atoms with Gasteiger partial charge in [0.05, 0.1) is 4.88 Å². The quantitative estimate of drug-likeness (QED) is 0.758. The zero-order chi connectivity index (χ0) is 19.1. The summed E-state index contributed by atoms with van der Waals surface area (Å²) in [4.78, 5) is 41.3. The van der Waals surface area contributed by atoms with Gasteiger partial charge in [-0.15, -0.1) is 11.3 Å². The van der Waals surface area contributed by atoms with E-state index in [-0.39, 0.29) is 23.6 Å². The highest BCUT2D eigenvalue weighted by Gasteiger charge is 2.28. The maximum absolute atomic E-state index is 12.4. The molecule has 3 amide bonds. The number of nitrogens with one attached hydrogen (secondary N) is 1. The van der Waals surface area contributed by atoms with Crippen LogP contribution in [0.25, 0.3) is 0 Å². The Morgan fingerprint density at radius 2 is 1.96 bits per heavy atom. The Bertz CT molecular complexity index is 639. The minimum Gasteiger partial charge on any atom is -0.356 e. The SMILES string of the molecule is O=C(NCCCN1CCCCCC1=O)C1CCN(C(=O)c2cccs2)CC1. The van der Waals surface area contributed by atoms with Crippen LogP contribution in [0.3, 0.4) is 0 Å². The van der Waals surface area contributed by atoms with Gasteiger partial charge in [-0.05, 0) is 43.6 Å². The molecule has 27 heavy (non-hydrogen) atoms. The molecular formula is C20H29N3O3S. The topological polar surface area (TPSA) is 69.7 Å². The van der Waals surface area contributed by atoms with Gasteiger partial charge in [-0.25, -0.2) is 0 Å². The Labute approximate surface area is 164 Å². The lowest BCUT2D eigenvalue weighted by atomic mass is 9.95. The number of rotatable bonds is 6. The van der Waals surface area contributed by atoms with E-state index in [4.69, 9.17) is 0 Å². The molecule has 2 aliphatic rings. The van der Waals surface area contributed by atoms with Crippen LogP contribution in [0.2, 0.25) is 0 Å². The van der Waals surface area contributed by atoms with Crippen LogP contribution < -0.4 is 5.32 Å². The Kier molecular flexibility index (Phi) is 7.26. The molecule has 6 nitrogen and oxygen atoms in total. The second-order valence-corrected chi connectivity index (χ2v) is 8.33. The van der Waals surface area contributed by atoms with Crippen LogP contribution in [-0.4, -0.2) is 60.2 Å². The predicted molar refractivity (Wildman–Crippen MR) is 106 cm³/mol. The average Bonchev–Trinajstić information content (AvgIpc) is 3.15. The fourth-order valence-corrected chi connectivity index (χ4v) is 4.49. The van der Waals surface area contributed by atoms with Crippen molar-refractivity contribution in [2.75, 3.05) is 32.7 Å². The summed E-state index contributed by atoms with van der Waals surface area (Å²) < 4.78 is 0. The average molecular weight is 392 g/mol. The van der Waals surface area contributed by atoms with E-state index in [1.165, 1.54) is 11.3 Å². The van der Waals surface area contributed by atoms with Crippen molar-refractivity contribution >= 4 is 29.1 Å². The fraction of sp³-hybridized carbons (Fsp3) is 0.650. The van der Waals surface area contributed by atoms with Gasteiger partial charge in [0.2, 0.25) is 11.8 Å². The first-order valence-corrected chi connectivity index (χ1v) is 10.9. The summed E-state index contributed by atoms with van der Waals surface area (Å²) in [6.45, 7) is 3.46. The van der Waals surface area contributed by atoms with Crippen LogP contribution in [0.4, 0.5) is 0 Å². The molecule has 0 saturated carbocycles. The minimum absolute atomic E-state index is 0.0165. The molecule has 2 aliphatic heterocycles. The first kappa shape index (κ1) is 19.9. The van der Waals surface area contributed by atoms with Crippen LogP contribution >= 0.6 is 11.3 Å². The van der Waals surface area contributed by atoms with E-state index in [1.54, 1.807) is 0 Å². The molecule has 1 aromatic heterocycles. The molecule has 7 heteroatoms. The van der Waals surface area contributed by atoms with Crippen molar-refractivity contribution in [1.29, 1.82) is 0 Å². The van der Waals surface area contributed by atoms with Gasteiger partial charge >= 0.3 is 0 Å². The summed E-state index contributed by atoms with van der Waals surface area (Å²) in [5, 5.41) is 4.93. The molecule has 3 rings (SSSR count). The summed E-state index contributed by atoms with van der Waals surface area (Å²) in [5.41, 5.74) is 0. The van der Waals surface area contributed by atoms with E-state index >= 15 is 0 Å². The number of nitrogens with zero attached hydrogens (tertiary/aromatic N) is 2. The zero-order valence-electron chi connectivity index (χ0n) is 15.8. The second-order valence-electron chi connectivity index (χ2n) is 7.38. The van der Waals surface area contributed by atoms with Crippen molar-refractivity contribution < 1.29 is 14.4 Å². The Hall–Kier alpha value is -1.89. The lowest BCUT2D eigenvalue weighted by molar-refractivity contribution is -0.130. The number of hydrogen-bond acceptors (Lipinski definition) is 4. The van der Waals surface area contributed by atoms with Crippen molar-refractivity contribution in [1.82, 2.24) is 15.1 Å². The van der Waals surface area contributed by atoms with Gasteiger partial charge in [0.25, 0.3) is 5.91 Å². The normalized spacial score (nSPS) is 19.0. The Morgan fingerprint density at radius 1 is 1.15 bits per heavy atom. The van der Waals surface area contributed by atoms with Crippen molar-refractivity contribution in [2.24, 2.45) is 5.92 Å². The first-order valence-electron chi connectivity index (χ1n) is 10.0. The molecule has 0 unspecified atom stereocenters. The molecule has 0 atom stereocenters. The van der Waals surface area contributed by atoms with Crippen molar-refractivity contribution in [3.05, 3.63) is 22.4 Å². The number of likely N-dealkylation sites (tertiary alicyclic amines) is 2. The third-order valence-corrected chi connectivity index (χ3v) is 6.32. The standard InChI is InChI=1S/C20H29N3O3S/c24-18-7-2-1-3-11-22(18)12-5-10-21-19(25)16-8-13-23(14-9-16)20(26)17-6-4-15-27-17/h4,6,15-16H,1-3,5,7-14H2,(H,21,25). The summed E-state index contributed by atoms with van der Waals surface area (Å²) in [7, 11) is 0. The van der Waals surface area contributed by atoms with Gasteiger partial charge in [0.15, 0.2) is 0 Å². The maximum Gasteiger partial charge on any atom is 0.263 e. The molecule has 0 radical (unpaired) electrons. The monoisotopic (exact) mass is 391 g/mol. The lowest BCUT2D eigenvalue weighted by Crippen LogP contribution is -2.43. The highest BCUT2D eigenvalue weighted by atomic mass is 32.1. The summed E-state index contributed by atoms with van der Waals surface area (Å²) >= 11 is 1.46. The Morgan fingerprint density at radius 3 is 2.70 bits per heavy atom. The molecule has 148 valence electrons. The van der Waals surface area contributed by atoms with Gasteiger partial charge in [-0.1, -0.05) is 12.5 Å². The van der Waals surface area contributed by atoms with Crippen LogP contribution in [0.1, 0.15) is 54.6 Å². The Balaban J connectivity index is 1.33. The highest BCUT2D eigenvalue weighted by molar-refractivity contribution is 7.12. The minimum atomic E-state index is -0.0165. The van der Waals surface area contributed by atoms with Crippen molar-refractivity contribution in [3.8, 4) is 0 Å². The zero-order valence-corrected chi connectivity index (χ0v) is 16.6. The van der Waals surface area contributed by atoms with E-state index < -0.39 is 0 Å². The molecule has 2 saturated heterocycles. The van der Waals surface area contributed by atoms with Gasteiger partial charge < -0.3 is 15.1 Å². The van der Waals surface area contributed by atoms with E-state index in [2.05, 4.69) is 5.32 Å². The molecule has 0 aliphatic carbocycles. The van der Waals surface area contributed by atoms with E-state index in [0.29, 0.717) is 38.9 Å². The number of hydrogen-bond donors (Lipinski definition) is 1. The van der Waals surface area contributed by atoms with E-state index in [9.17, 15) is 14.4 Å². The molecule has 3 heterocycles. The van der Waals surface area contributed by atoms with Gasteiger partial charge in [-0.3, -0.25) is 14.4 Å². The van der Waals surface area contributed by atoms with Crippen LogP contribution in [0.5, 0.6) is 0 Å². The largest absolute Gasteiger partial charge is 0.356 e. The van der Waals surface area contributed by atoms with E-state index in [1.807, 2.05) is 27.3 Å². The molecule has 1 N–H and O–H groups in total. The van der Waals surface area contributed by atoms with E-state index in [0.717, 1.165) is 43.6 Å². The summed E-state index contributed by atoms with van der Waals surface area (Å²) in [6, 6.07) is 3.73. The molecule has 0 bridgehead atoms. The molecule has 0 aromatic carbocycles. The van der Waals surface area contributed by atoms with Crippen molar-refractivity contribution in [2.45, 2.75) is 44.9 Å². The number of amides is 3. The molecule has 1 aromatic rings. The van der Waals surface area contributed by atoms with Crippen LogP contribution in [0.15, 0.2) is 17.5 Å². The molecule has 0 spiro atoms. The smallest absolute Gasteiger partial charge is 0.263 e. The fourth-order valence-electron chi connectivity index (χ4n) is 3.80.